The summed E-state index contributed by atoms with van der Waals surface area (Å²) < 4.78 is 5.57. The minimum atomic E-state index is -0.220. The van der Waals surface area contributed by atoms with E-state index in [1.807, 2.05) is 6.92 Å². The number of hydrogen-bond acceptors (Lipinski definition) is 3. The zero-order chi connectivity index (χ0) is 9.14. The molecule has 0 amide bonds. The molecule has 1 radical (unpaired) electrons. The fourth-order valence-electron chi connectivity index (χ4n) is 0.859. The second kappa shape index (κ2) is 4.05. The predicted octanol–water partition coefficient (Wildman–Crippen LogP) is 2.59. The molecule has 0 aromatic carbocycles. The van der Waals surface area contributed by atoms with Gasteiger partial charge in [-0.1, -0.05) is 0 Å². The van der Waals surface area contributed by atoms with Crippen LogP contribution < -0.4 is 0 Å². The van der Waals surface area contributed by atoms with Gasteiger partial charge in [-0.25, -0.2) is 0 Å². The molecule has 1 rings (SSSR count). The van der Waals surface area contributed by atoms with Crippen LogP contribution in [0.15, 0.2) is 9.85 Å². The van der Waals surface area contributed by atoms with E-state index in [0.29, 0.717) is 0 Å². The van der Waals surface area contributed by atoms with E-state index in [-0.39, 0.29) is 11.9 Å². The molecular formula is C8H8BrO2S. The quantitative estimate of drug-likeness (QED) is 0.752. The van der Waals surface area contributed by atoms with Crippen LogP contribution in [0.3, 0.4) is 0 Å². The number of carbonyl (C=O) groups excluding carboxylic acids is 1. The summed E-state index contributed by atoms with van der Waals surface area (Å²) in [5.41, 5.74) is 0.937. The van der Waals surface area contributed by atoms with Crippen LogP contribution in [-0.4, -0.2) is 13.1 Å². The SMILES string of the molecule is COC(=O)C(C)c1c[c]sc1Br. The molecule has 0 N–H and O–H groups in total. The molecule has 0 saturated heterocycles. The lowest BCUT2D eigenvalue weighted by atomic mass is 10.1. The molecule has 0 saturated carbocycles. The summed E-state index contributed by atoms with van der Waals surface area (Å²) in [6, 6.07) is 1.80. The number of esters is 1. The maximum atomic E-state index is 11.1. The second-order valence-electron chi connectivity index (χ2n) is 2.34. The van der Waals surface area contributed by atoms with E-state index in [1.54, 1.807) is 6.07 Å². The van der Waals surface area contributed by atoms with Gasteiger partial charge in [0.25, 0.3) is 0 Å². The summed E-state index contributed by atoms with van der Waals surface area (Å²) in [6.45, 7) is 1.81. The van der Waals surface area contributed by atoms with Crippen LogP contribution in [0.2, 0.25) is 0 Å². The van der Waals surface area contributed by atoms with Crippen molar-refractivity contribution in [3.63, 3.8) is 0 Å². The van der Waals surface area contributed by atoms with Crippen LogP contribution >= 0.6 is 27.3 Å². The largest absolute Gasteiger partial charge is 0.469 e. The average Bonchev–Trinajstić information content (AvgIpc) is 2.48. The van der Waals surface area contributed by atoms with Crippen molar-refractivity contribution in [2.24, 2.45) is 0 Å². The van der Waals surface area contributed by atoms with Gasteiger partial charge in [0, 0.05) is 5.38 Å². The summed E-state index contributed by atoms with van der Waals surface area (Å²) in [5.74, 6) is -0.436. The molecule has 2 nitrogen and oxygen atoms in total. The molecular weight excluding hydrogens is 240 g/mol. The zero-order valence-electron chi connectivity index (χ0n) is 6.76. The molecule has 0 aliphatic carbocycles. The molecule has 1 atom stereocenters. The topological polar surface area (TPSA) is 26.3 Å². The first kappa shape index (κ1) is 9.74. The van der Waals surface area contributed by atoms with Gasteiger partial charge >= 0.3 is 5.97 Å². The summed E-state index contributed by atoms with van der Waals surface area (Å²) in [6.07, 6.45) is 0. The number of methoxy groups -OCH3 is 1. The van der Waals surface area contributed by atoms with Crippen molar-refractivity contribution in [1.29, 1.82) is 0 Å². The molecule has 4 heteroatoms. The number of thiophene rings is 1. The highest BCUT2D eigenvalue weighted by Crippen LogP contribution is 2.29. The maximum Gasteiger partial charge on any atom is 0.312 e. The Hall–Kier alpha value is -0.350. The van der Waals surface area contributed by atoms with E-state index >= 15 is 0 Å². The molecule has 1 unspecified atom stereocenters. The number of halogens is 1. The minimum Gasteiger partial charge on any atom is -0.469 e. The van der Waals surface area contributed by atoms with Gasteiger partial charge in [0.15, 0.2) is 0 Å². The molecule has 0 bridgehead atoms. The number of hydrogen-bond donors (Lipinski definition) is 0. The third kappa shape index (κ3) is 1.87. The Morgan fingerprint density at radius 3 is 2.92 bits per heavy atom. The van der Waals surface area contributed by atoms with Gasteiger partial charge in [0.05, 0.1) is 16.8 Å². The first-order chi connectivity index (χ1) is 5.66. The Balaban J connectivity index is 2.84. The van der Waals surface area contributed by atoms with Crippen molar-refractivity contribution < 1.29 is 9.53 Å². The van der Waals surface area contributed by atoms with Gasteiger partial charge in [-0.2, -0.15) is 0 Å². The van der Waals surface area contributed by atoms with E-state index in [4.69, 9.17) is 0 Å². The van der Waals surface area contributed by atoms with Crippen molar-refractivity contribution in [1.82, 2.24) is 0 Å². The highest BCUT2D eigenvalue weighted by atomic mass is 79.9. The van der Waals surface area contributed by atoms with E-state index < -0.39 is 0 Å². The molecule has 1 aromatic heterocycles. The third-order valence-electron chi connectivity index (χ3n) is 1.61. The highest BCUT2D eigenvalue weighted by Gasteiger charge is 2.18. The zero-order valence-corrected chi connectivity index (χ0v) is 9.16. The first-order valence-corrected chi connectivity index (χ1v) is 5.01. The van der Waals surface area contributed by atoms with Gasteiger partial charge < -0.3 is 4.74 Å². The molecule has 1 heterocycles. The molecule has 12 heavy (non-hydrogen) atoms. The molecule has 0 fully saturated rings. The van der Waals surface area contributed by atoms with E-state index in [2.05, 4.69) is 26.0 Å². The predicted molar refractivity (Wildman–Crippen MR) is 51.3 cm³/mol. The third-order valence-corrected chi connectivity index (χ3v) is 3.21. The van der Waals surface area contributed by atoms with Gasteiger partial charge in [-0.05, 0) is 34.5 Å². The van der Waals surface area contributed by atoms with Gasteiger partial charge in [-0.3, -0.25) is 4.79 Å². The summed E-state index contributed by atoms with van der Waals surface area (Å²) >= 11 is 4.79. The Labute approximate surface area is 83.7 Å². The minimum absolute atomic E-state index is 0.216. The number of rotatable bonds is 2. The molecule has 0 spiro atoms. The molecule has 0 aliphatic heterocycles. The highest BCUT2D eigenvalue weighted by molar-refractivity contribution is 9.11. The van der Waals surface area contributed by atoms with Crippen LogP contribution in [0.4, 0.5) is 0 Å². The van der Waals surface area contributed by atoms with Crippen LogP contribution in [-0.2, 0) is 9.53 Å². The van der Waals surface area contributed by atoms with Crippen LogP contribution in [0.1, 0.15) is 18.4 Å². The van der Waals surface area contributed by atoms with E-state index in [0.717, 1.165) is 9.35 Å². The van der Waals surface area contributed by atoms with E-state index in [9.17, 15) is 4.79 Å². The Morgan fingerprint density at radius 1 is 1.83 bits per heavy atom. The van der Waals surface area contributed by atoms with Crippen LogP contribution in [0, 0.1) is 5.38 Å². The molecule has 1 aromatic rings. The molecule has 0 aliphatic rings. The number of ether oxygens (including phenoxy) is 1. The standard InChI is InChI=1S/C8H8BrO2S/c1-5(8(10)11-2)6-3-4-12-7(6)9/h3,5H,1-2H3. The van der Waals surface area contributed by atoms with Gasteiger partial charge in [0.2, 0.25) is 0 Å². The second-order valence-corrected chi connectivity index (χ2v) is 4.50. The van der Waals surface area contributed by atoms with Crippen molar-refractivity contribution in [3.8, 4) is 0 Å². The summed E-state index contributed by atoms with van der Waals surface area (Å²) in [7, 11) is 1.39. The van der Waals surface area contributed by atoms with Crippen molar-refractivity contribution in [2.45, 2.75) is 12.8 Å². The monoisotopic (exact) mass is 247 g/mol. The molecule has 65 valence electrons. The Kier molecular flexibility index (Phi) is 3.29. The van der Waals surface area contributed by atoms with Crippen LogP contribution in [0.25, 0.3) is 0 Å². The van der Waals surface area contributed by atoms with Crippen LogP contribution in [0.5, 0.6) is 0 Å². The smallest absolute Gasteiger partial charge is 0.312 e. The lowest BCUT2D eigenvalue weighted by molar-refractivity contribution is -0.141. The lowest BCUT2D eigenvalue weighted by Gasteiger charge is -2.06. The van der Waals surface area contributed by atoms with Crippen molar-refractivity contribution in [3.05, 3.63) is 20.8 Å². The van der Waals surface area contributed by atoms with Crippen molar-refractivity contribution >= 4 is 33.2 Å². The lowest BCUT2D eigenvalue weighted by Crippen LogP contribution is -2.10. The fourth-order valence-corrected chi connectivity index (χ4v) is 2.24. The Morgan fingerprint density at radius 2 is 2.50 bits per heavy atom. The average molecular weight is 248 g/mol. The first-order valence-electron chi connectivity index (χ1n) is 3.40. The fraction of sp³-hybridized carbons (Fsp3) is 0.375. The Bertz CT molecular complexity index is 282. The summed E-state index contributed by atoms with van der Waals surface area (Å²) in [5, 5.41) is 2.94. The van der Waals surface area contributed by atoms with Gasteiger partial charge in [-0.15, -0.1) is 11.3 Å². The maximum absolute atomic E-state index is 11.1. The number of carbonyl (C=O) groups is 1. The van der Waals surface area contributed by atoms with Crippen molar-refractivity contribution in [2.75, 3.05) is 7.11 Å². The normalized spacial score (nSPS) is 12.6. The van der Waals surface area contributed by atoms with E-state index in [1.165, 1.54) is 18.4 Å². The summed E-state index contributed by atoms with van der Waals surface area (Å²) in [4.78, 5) is 11.1. The van der Waals surface area contributed by atoms with Gasteiger partial charge in [0.1, 0.15) is 0 Å².